The van der Waals surface area contributed by atoms with Crippen LogP contribution in [0.15, 0.2) is 18.2 Å². The number of hydrogen-bond donors (Lipinski definition) is 1. The monoisotopic (exact) mass is 307 g/mol. The summed E-state index contributed by atoms with van der Waals surface area (Å²) in [5.41, 5.74) is 8.96. The minimum atomic E-state index is 0.0285. The molecule has 0 aromatic heterocycles. The van der Waals surface area contributed by atoms with Gasteiger partial charge in [0, 0.05) is 17.7 Å². The van der Waals surface area contributed by atoms with E-state index in [0.717, 1.165) is 30.0 Å². The zero-order chi connectivity index (χ0) is 14.9. The summed E-state index contributed by atoms with van der Waals surface area (Å²) in [4.78, 5) is 0. The van der Waals surface area contributed by atoms with Crippen LogP contribution in [0.25, 0.3) is 0 Å². The normalized spacial score (nSPS) is 26.7. The van der Waals surface area contributed by atoms with Gasteiger partial charge in [-0.2, -0.15) is 0 Å². The zero-order valence-electron chi connectivity index (χ0n) is 12.9. The Kier molecular flexibility index (Phi) is 4.58. The summed E-state index contributed by atoms with van der Waals surface area (Å²) in [7, 11) is 0. The molecule has 3 rings (SSSR count). The van der Waals surface area contributed by atoms with Crippen LogP contribution in [0.5, 0.6) is 0 Å². The first kappa shape index (κ1) is 15.3. The van der Waals surface area contributed by atoms with Crippen molar-refractivity contribution in [3.63, 3.8) is 0 Å². The van der Waals surface area contributed by atoms with E-state index in [1.165, 1.54) is 37.7 Å². The van der Waals surface area contributed by atoms with Crippen molar-refractivity contribution < 1.29 is 4.74 Å². The molecule has 1 spiro atoms. The molecule has 2 aliphatic rings. The molecular formula is C18H26ClNO. The van der Waals surface area contributed by atoms with E-state index in [1.54, 1.807) is 0 Å². The first-order chi connectivity index (χ1) is 10.1. The molecule has 2 atom stereocenters. The lowest BCUT2D eigenvalue weighted by molar-refractivity contribution is -0.120. The maximum absolute atomic E-state index is 6.57. The lowest BCUT2D eigenvalue weighted by Gasteiger charge is -2.45. The van der Waals surface area contributed by atoms with E-state index in [2.05, 4.69) is 19.1 Å². The van der Waals surface area contributed by atoms with Gasteiger partial charge in [-0.25, -0.2) is 0 Å². The number of rotatable bonds is 2. The van der Waals surface area contributed by atoms with Crippen molar-refractivity contribution >= 4 is 11.6 Å². The molecule has 1 aliphatic heterocycles. The summed E-state index contributed by atoms with van der Waals surface area (Å²) in [6.45, 7) is 2.91. The Morgan fingerprint density at radius 1 is 1.29 bits per heavy atom. The molecule has 21 heavy (non-hydrogen) atoms. The third-order valence-corrected chi connectivity index (χ3v) is 5.65. The highest BCUT2D eigenvalue weighted by Crippen LogP contribution is 2.44. The number of halogens is 1. The van der Waals surface area contributed by atoms with Crippen molar-refractivity contribution in [2.24, 2.45) is 11.7 Å². The topological polar surface area (TPSA) is 35.2 Å². The summed E-state index contributed by atoms with van der Waals surface area (Å²) >= 11 is 6.41. The Balaban J connectivity index is 1.76. The molecule has 0 amide bonds. The molecule has 2 unspecified atom stereocenters. The molecule has 0 radical (unpaired) electrons. The van der Waals surface area contributed by atoms with E-state index in [9.17, 15) is 0 Å². The minimum absolute atomic E-state index is 0.0285. The van der Waals surface area contributed by atoms with Gasteiger partial charge in [0.15, 0.2) is 0 Å². The maximum atomic E-state index is 6.57. The van der Waals surface area contributed by atoms with Gasteiger partial charge >= 0.3 is 0 Å². The van der Waals surface area contributed by atoms with Gasteiger partial charge in [-0.1, -0.05) is 43.0 Å². The van der Waals surface area contributed by atoms with Crippen molar-refractivity contribution in [2.75, 3.05) is 6.61 Å². The fraction of sp³-hybridized carbons (Fsp3) is 0.667. The molecule has 1 saturated heterocycles. The van der Waals surface area contributed by atoms with Crippen molar-refractivity contribution in [3.05, 3.63) is 34.3 Å². The van der Waals surface area contributed by atoms with Gasteiger partial charge in [-0.05, 0) is 55.7 Å². The maximum Gasteiger partial charge on any atom is 0.0685 e. The molecule has 116 valence electrons. The summed E-state index contributed by atoms with van der Waals surface area (Å²) < 4.78 is 6.18. The molecular weight excluding hydrogens is 282 g/mol. The molecule has 3 heteroatoms. The smallest absolute Gasteiger partial charge is 0.0685 e. The van der Waals surface area contributed by atoms with Crippen molar-refractivity contribution in [2.45, 2.75) is 63.5 Å². The van der Waals surface area contributed by atoms with Crippen LogP contribution in [0, 0.1) is 12.8 Å². The average Bonchev–Trinajstić information content (AvgIpc) is 2.47. The molecule has 1 heterocycles. The highest BCUT2D eigenvalue weighted by molar-refractivity contribution is 6.31. The standard InChI is InChI=1S/C18H26ClNO/c1-13-5-6-15(16(19)11-13)17(20)14-7-10-21-18(12-14)8-3-2-4-9-18/h5-6,11,14,17H,2-4,7-10,12,20H2,1H3. The van der Waals surface area contributed by atoms with E-state index in [4.69, 9.17) is 22.1 Å². The number of aryl methyl sites for hydroxylation is 1. The minimum Gasteiger partial charge on any atom is -0.375 e. The molecule has 1 saturated carbocycles. The predicted molar refractivity (Wildman–Crippen MR) is 87.6 cm³/mol. The van der Waals surface area contributed by atoms with Gasteiger partial charge in [0.1, 0.15) is 0 Å². The molecule has 1 aliphatic carbocycles. The second-order valence-electron chi connectivity index (χ2n) is 6.90. The SMILES string of the molecule is Cc1ccc(C(N)C2CCOC3(CCCCC3)C2)c(Cl)c1. The first-order valence-corrected chi connectivity index (χ1v) is 8.63. The second kappa shape index (κ2) is 6.28. The Bertz CT molecular complexity index is 490. The third kappa shape index (κ3) is 3.28. The third-order valence-electron chi connectivity index (χ3n) is 5.32. The van der Waals surface area contributed by atoms with Gasteiger partial charge in [-0.15, -0.1) is 0 Å². The zero-order valence-corrected chi connectivity index (χ0v) is 13.7. The first-order valence-electron chi connectivity index (χ1n) is 8.25. The summed E-state index contributed by atoms with van der Waals surface area (Å²) in [5.74, 6) is 0.483. The van der Waals surface area contributed by atoms with Crippen molar-refractivity contribution in [1.82, 2.24) is 0 Å². The molecule has 2 fully saturated rings. The van der Waals surface area contributed by atoms with Crippen LogP contribution in [0.2, 0.25) is 5.02 Å². The number of benzene rings is 1. The Morgan fingerprint density at radius 2 is 2.05 bits per heavy atom. The van der Waals surface area contributed by atoms with Crippen molar-refractivity contribution in [1.29, 1.82) is 0 Å². The Labute approximate surface area is 133 Å². The summed E-state index contributed by atoms with van der Waals surface area (Å²) in [5, 5.41) is 0.812. The van der Waals surface area contributed by atoms with Gasteiger partial charge < -0.3 is 10.5 Å². The Hall–Kier alpha value is -0.570. The van der Waals surface area contributed by atoms with E-state index < -0.39 is 0 Å². The summed E-state index contributed by atoms with van der Waals surface area (Å²) in [6.07, 6.45) is 8.51. The quantitative estimate of drug-likeness (QED) is 0.853. The molecule has 1 aromatic rings. The largest absolute Gasteiger partial charge is 0.375 e. The van der Waals surface area contributed by atoms with Gasteiger partial charge in [0.05, 0.1) is 5.60 Å². The van der Waals surface area contributed by atoms with Crippen LogP contribution < -0.4 is 5.73 Å². The van der Waals surface area contributed by atoms with Crippen LogP contribution in [-0.4, -0.2) is 12.2 Å². The fourth-order valence-corrected chi connectivity index (χ4v) is 4.43. The van der Waals surface area contributed by atoms with E-state index in [0.29, 0.717) is 5.92 Å². The van der Waals surface area contributed by atoms with Crippen molar-refractivity contribution in [3.8, 4) is 0 Å². The number of ether oxygens (including phenoxy) is 1. The number of hydrogen-bond acceptors (Lipinski definition) is 2. The fourth-order valence-electron chi connectivity index (χ4n) is 4.07. The van der Waals surface area contributed by atoms with E-state index in [-0.39, 0.29) is 11.6 Å². The lowest BCUT2D eigenvalue weighted by Crippen LogP contribution is -2.44. The molecule has 2 nitrogen and oxygen atoms in total. The molecule has 0 bridgehead atoms. The van der Waals surface area contributed by atoms with Crippen LogP contribution >= 0.6 is 11.6 Å². The second-order valence-corrected chi connectivity index (χ2v) is 7.30. The van der Waals surface area contributed by atoms with Gasteiger partial charge in [-0.3, -0.25) is 0 Å². The highest BCUT2D eigenvalue weighted by Gasteiger charge is 2.40. The van der Waals surface area contributed by atoms with Gasteiger partial charge in [0.25, 0.3) is 0 Å². The van der Waals surface area contributed by atoms with Crippen LogP contribution in [0.1, 0.15) is 62.1 Å². The van der Waals surface area contributed by atoms with Gasteiger partial charge in [0.2, 0.25) is 0 Å². The summed E-state index contributed by atoms with van der Waals surface area (Å²) in [6, 6.07) is 6.26. The predicted octanol–water partition coefficient (Wildman–Crippen LogP) is 4.78. The molecule has 1 aromatic carbocycles. The Morgan fingerprint density at radius 3 is 2.76 bits per heavy atom. The molecule has 2 N–H and O–H groups in total. The van der Waals surface area contributed by atoms with E-state index in [1.807, 2.05) is 6.07 Å². The van der Waals surface area contributed by atoms with Crippen LogP contribution in [0.3, 0.4) is 0 Å². The van der Waals surface area contributed by atoms with Crippen LogP contribution in [-0.2, 0) is 4.74 Å². The lowest BCUT2D eigenvalue weighted by atomic mass is 9.73. The number of nitrogens with two attached hydrogens (primary N) is 1. The van der Waals surface area contributed by atoms with Crippen LogP contribution in [0.4, 0.5) is 0 Å². The van der Waals surface area contributed by atoms with E-state index >= 15 is 0 Å². The highest BCUT2D eigenvalue weighted by atomic mass is 35.5. The average molecular weight is 308 g/mol.